The van der Waals surface area contributed by atoms with Gasteiger partial charge in [-0.1, -0.05) is 51.6 Å². The predicted octanol–water partition coefficient (Wildman–Crippen LogP) is 5.40. The Morgan fingerprint density at radius 1 is 1.28 bits per heavy atom. The van der Waals surface area contributed by atoms with Crippen LogP contribution in [-0.2, 0) is 6.42 Å². The standard InChI is InChI=1S/C15H18Br2O/c1-15(5-2-3-6-15)14(17)12-9-11(16)8-10-4-7-18-13(10)12/h8-9,14H,2-7H2,1H3. The number of hydrogen-bond acceptors (Lipinski definition) is 1. The third-order valence-corrected chi connectivity index (χ3v) is 6.46. The zero-order valence-corrected chi connectivity index (χ0v) is 13.8. The van der Waals surface area contributed by atoms with E-state index >= 15 is 0 Å². The quantitative estimate of drug-likeness (QED) is 0.630. The molecule has 1 aliphatic carbocycles. The van der Waals surface area contributed by atoms with E-state index in [-0.39, 0.29) is 0 Å². The minimum absolute atomic E-state index is 0.376. The summed E-state index contributed by atoms with van der Waals surface area (Å²) in [4.78, 5) is 0.400. The lowest BCUT2D eigenvalue weighted by molar-refractivity contribution is 0.314. The first-order valence-corrected chi connectivity index (χ1v) is 8.40. The predicted molar refractivity (Wildman–Crippen MR) is 81.6 cm³/mol. The van der Waals surface area contributed by atoms with Gasteiger partial charge >= 0.3 is 0 Å². The molecule has 0 bridgehead atoms. The van der Waals surface area contributed by atoms with Crippen molar-refractivity contribution in [1.29, 1.82) is 0 Å². The van der Waals surface area contributed by atoms with Gasteiger partial charge < -0.3 is 4.74 Å². The Hall–Kier alpha value is -0.0200. The molecule has 2 aliphatic rings. The lowest BCUT2D eigenvalue weighted by atomic mass is 9.81. The van der Waals surface area contributed by atoms with Crippen molar-refractivity contribution in [3.05, 3.63) is 27.7 Å². The van der Waals surface area contributed by atoms with E-state index in [2.05, 4.69) is 50.9 Å². The van der Waals surface area contributed by atoms with Gasteiger partial charge in [0.2, 0.25) is 0 Å². The second kappa shape index (κ2) is 4.82. The van der Waals surface area contributed by atoms with E-state index < -0.39 is 0 Å². The normalized spacial score (nSPS) is 22.6. The van der Waals surface area contributed by atoms with Gasteiger partial charge in [0.05, 0.1) is 6.61 Å². The van der Waals surface area contributed by atoms with Gasteiger partial charge in [0.1, 0.15) is 5.75 Å². The molecule has 3 rings (SSSR count). The highest BCUT2D eigenvalue weighted by molar-refractivity contribution is 9.10. The van der Waals surface area contributed by atoms with Crippen LogP contribution in [0.15, 0.2) is 16.6 Å². The summed E-state index contributed by atoms with van der Waals surface area (Å²) in [5.74, 6) is 1.13. The number of ether oxygens (including phenoxy) is 1. The average molecular weight is 374 g/mol. The van der Waals surface area contributed by atoms with E-state index in [0.717, 1.165) is 18.8 Å². The fourth-order valence-corrected chi connectivity index (χ4v) is 4.62. The zero-order valence-electron chi connectivity index (χ0n) is 10.6. The maximum atomic E-state index is 5.86. The van der Waals surface area contributed by atoms with Gasteiger partial charge in [-0.15, -0.1) is 0 Å². The van der Waals surface area contributed by atoms with Crippen molar-refractivity contribution in [2.24, 2.45) is 5.41 Å². The maximum absolute atomic E-state index is 5.86. The molecule has 1 heterocycles. The fraction of sp³-hybridized carbons (Fsp3) is 0.600. The molecule has 1 fully saturated rings. The third kappa shape index (κ3) is 2.14. The van der Waals surface area contributed by atoms with Gasteiger partial charge in [-0.25, -0.2) is 0 Å². The number of alkyl halides is 1. The van der Waals surface area contributed by atoms with Crippen molar-refractivity contribution in [3.63, 3.8) is 0 Å². The molecule has 0 aromatic heterocycles. The summed E-state index contributed by atoms with van der Waals surface area (Å²) in [7, 11) is 0. The molecule has 0 amide bonds. The van der Waals surface area contributed by atoms with Gasteiger partial charge in [-0.3, -0.25) is 0 Å². The van der Waals surface area contributed by atoms with Crippen LogP contribution in [0.3, 0.4) is 0 Å². The highest BCUT2D eigenvalue weighted by Crippen LogP contribution is 2.54. The van der Waals surface area contributed by atoms with Crippen LogP contribution in [0.4, 0.5) is 0 Å². The summed E-state index contributed by atoms with van der Waals surface area (Å²) in [5, 5.41) is 0. The highest BCUT2D eigenvalue weighted by atomic mass is 79.9. The third-order valence-electron chi connectivity index (χ3n) is 4.41. The summed E-state index contributed by atoms with van der Waals surface area (Å²) >= 11 is 7.59. The van der Waals surface area contributed by atoms with E-state index in [0.29, 0.717) is 10.2 Å². The minimum atomic E-state index is 0.376. The van der Waals surface area contributed by atoms with Crippen molar-refractivity contribution in [2.45, 2.75) is 43.9 Å². The van der Waals surface area contributed by atoms with Gasteiger partial charge in [-0.05, 0) is 36.0 Å². The maximum Gasteiger partial charge on any atom is 0.127 e. The Labute approximate surface area is 126 Å². The Bertz CT molecular complexity index is 464. The second-order valence-corrected chi connectivity index (χ2v) is 7.64. The van der Waals surface area contributed by atoms with Crippen molar-refractivity contribution in [2.75, 3.05) is 6.61 Å². The molecule has 1 atom stereocenters. The van der Waals surface area contributed by atoms with Crippen LogP contribution in [0.1, 0.15) is 48.6 Å². The van der Waals surface area contributed by atoms with Crippen molar-refractivity contribution in [1.82, 2.24) is 0 Å². The molecule has 3 heteroatoms. The molecule has 1 aromatic carbocycles. The first kappa shape index (κ1) is 13.0. The topological polar surface area (TPSA) is 9.23 Å². The van der Waals surface area contributed by atoms with E-state index in [9.17, 15) is 0 Å². The fourth-order valence-electron chi connectivity index (χ4n) is 3.30. The van der Waals surface area contributed by atoms with Gasteiger partial charge in [0.15, 0.2) is 0 Å². The molecule has 1 aliphatic heterocycles. The van der Waals surface area contributed by atoms with Gasteiger partial charge in [0, 0.05) is 21.3 Å². The smallest absolute Gasteiger partial charge is 0.127 e. The van der Waals surface area contributed by atoms with Crippen molar-refractivity contribution < 1.29 is 4.74 Å². The number of halogens is 2. The number of fused-ring (bicyclic) bond motifs is 1. The first-order chi connectivity index (χ1) is 8.60. The van der Waals surface area contributed by atoms with E-state index in [4.69, 9.17) is 4.74 Å². The summed E-state index contributed by atoms with van der Waals surface area (Å²) in [6.45, 7) is 3.23. The summed E-state index contributed by atoms with van der Waals surface area (Å²) in [6, 6.07) is 4.43. The van der Waals surface area contributed by atoms with Gasteiger partial charge in [-0.2, -0.15) is 0 Å². The Morgan fingerprint density at radius 3 is 2.72 bits per heavy atom. The molecule has 0 saturated heterocycles. The van der Waals surface area contributed by atoms with Crippen LogP contribution in [0.25, 0.3) is 0 Å². The van der Waals surface area contributed by atoms with Gasteiger partial charge in [0.25, 0.3) is 0 Å². The molecular formula is C15H18Br2O. The molecule has 1 nitrogen and oxygen atoms in total. The molecule has 0 spiro atoms. The second-order valence-electron chi connectivity index (χ2n) is 5.81. The SMILES string of the molecule is CC1(C(Br)c2cc(Br)cc3c2OCC3)CCCC1. The summed E-state index contributed by atoms with van der Waals surface area (Å²) < 4.78 is 7.03. The van der Waals surface area contributed by atoms with Crippen LogP contribution in [0, 0.1) is 5.41 Å². The zero-order chi connectivity index (χ0) is 12.8. The lowest BCUT2D eigenvalue weighted by Crippen LogP contribution is -2.18. The minimum Gasteiger partial charge on any atom is -0.493 e. The lowest BCUT2D eigenvalue weighted by Gasteiger charge is -2.31. The van der Waals surface area contributed by atoms with Crippen LogP contribution in [-0.4, -0.2) is 6.61 Å². The van der Waals surface area contributed by atoms with Crippen molar-refractivity contribution >= 4 is 31.9 Å². The molecule has 1 saturated carbocycles. The van der Waals surface area contributed by atoms with E-state index in [1.807, 2.05) is 0 Å². The van der Waals surface area contributed by atoms with E-state index in [1.54, 1.807) is 0 Å². The average Bonchev–Trinajstić information content (AvgIpc) is 2.96. The molecule has 1 unspecified atom stereocenters. The molecule has 0 N–H and O–H groups in total. The van der Waals surface area contributed by atoms with Crippen LogP contribution in [0.5, 0.6) is 5.75 Å². The number of rotatable bonds is 2. The Balaban J connectivity index is 2.01. The Morgan fingerprint density at radius 2 is 2.00 bits per heavy atom. The largest absolute Gasteiger partial charge is 0.493 e. The highest BCUT2D eigenvalue weighted by Gasteiger charge is 2.38. The summed E-state index contributed by atoms with van der Waals surface area (Å²) in [5.41, 5.74) is 3.06. The molecule has 98 valence electrons. The molecule has 18 heavy (non-hydrogen) atoms. The van der Waals surface area contributed by atoms with Crippen LogP contribution in [0.2, 0.25) is 0 Å². The molecule has 0 radical (unpaired) electrons. The van der Waals surface area contributed by atoms with Crippen LogP contribution >= 0.6 is 31.9 Å². The summed E-state index contributed by atoms with van der Waals surface area (Å²) in [6.07, 6.45) is 6.37. The van der Waals surface area contributed by atoms with E-state index in [1.165, 1.54) is 41.3 Å². The molecule has 1 aromatic rings. The number of benzene rings is 1. The monoisotopic (exact) mass is 372 g/mol. The number of hydrogen-bond donors (Lipinski definition) is 0. The first-order valence-electron chi connectivity index (χ1n) is 6.69. The van der Waals surface area contributed by atoms with Crippen molar-refractivity contribution in [3.8, 4) is 5.75 Å². The molecular weight excluding hydrogens is 356 g/mol. The Kier molecular flexibility index (Phi) is 3.48. The van der Waals surface area contributed by atoms with Crippen LogP contribution < -0.4 is 4.74 Å².